The molecular formula is C30H54N3O8S2W-. The topological polar surface area (TPSA) is 155 Å². The molecule has 0 radical (unpaired) electrons. The molecule has 5 N–H and O–H groups in total. The normalized spacial score (nSPS) is 12.7. The van der Waals surface area contributed by atoms with Crippen LogP contribution in [-0.4, -0.2) is 108 Å². The standard InChI is InChI=1S/C24H44N2O8S2.C6H10N.W/c1-5-21(23(28)26-9-11-30-13-15-31-14-12-29-10-7-8-25)18-22(6-2)33-19-24(3,36-35-4)34-17-16-32-20-27;1-6(2)4-3-5-7;/h5-6,18,27H,1,7-17,19-20,25H2,2-4H3,(H,26,28);6-7H,5H2,1-2H3;/q;-1;/b21-18+,22-6+;;. The van der Waals surface area contributed by atoms with E-state index in [1.165, 1.54) is 16.9 Å². The maximum absolute atomic E-state index is 12.5. The molecule has 14 heteroatoms. The first-order chi connectivity index (χ1) is 20.7. The van der Waals surface area contributed by atoms with Crippen LogP contribution in [-0.2, 0) is 54.3 Å². The summed E-state index contributed by atoms with van der Waals surface area (Å²) < 4.78 is 32.9. The van der Waals surface area contributed by atoms with Crippen molar-refractivity contribution >= 4 is 27.5 Å². The molecule has 0 heterocycles. The van der Waals surface area contributed by atoms with Crippen LogP contribution in [0.1, 0.15) is 34.1 Å². The molecule has 0 aliphatic carbocycles. The first-order valence-electron chi connectivity index (χ1n) is 14.3. The SMILES string of the molecule is C=C/C(=C\C(=C/C)OCC(C)(OCCOCO)SSC)C(=O)NCCOCCOCCOCCCN.CC(C)C#CC[NH-].[W]. The minimum Gasteiger partial charge on any atom is -0.667 e. The number of nitrogens with one attached hydrogen (secondary N) is 2. The molecule has 0 saturated heterocycles. The van der Waals surface area contributed by atoms with Gasteiger partial charge in [0.05, 0.1) is 46.2 Å². The van der Waals surface area contributed by atoms with Crippen LogP contribution in [0.4, 0.5) is 0 Å². The zero-order valence-electron chi connectivity index (χ0n) is 27.0. The molecule has 0 aliphatic rings. The van der Waals surface area contributed by atoms with Gasteiger partial charge in [0.2, 0.25) is 0 Å². The van der Waals surface area contributed by atoms with Gasteiger partial charge in [-0.3, -0.25) is 4.79 Å². The fourth-order valence-electron chi connectivity index (χ4n) is 2.76. The molecule has 1 amide bonds. The smallest absolute Gasteiger partial charge is 0.251 e. The van der Waals surface area contributed by atoms with Gasteiger partial charge in [-0.2, -0.15) is 0 Å². The molecule has 256 valence electrons. The number of hydrogen-bond acceptors (Lipinski definition) is 11. The summed E-state index contributed by atoms with van der Waals surface area (Å²) >= 11 is 0. The second kappa shape index (κ2) is 35.0. The molecular weight excluding hydrogens is 778 g/mol. The van der Waals surface area contributed by atoms with Crippen molar-refractivity contribution in [1.82, 2.24) is 5.32 Å². The van der Waals surface area contributed by atoms with Gasteiger partial charge in [0.1, 0.15) is 19.2 Å². The molecule has 0 aromatic heterocycles. The van der Waals surface area contributed by atoms with E-state index < -0.39 is 4.93 Å². The molecule has 0 fully saturated rings. The van der Waals surface area contributed by atoms with Gasteiger partial charge in [0.15, 0.2) is 4.93 Å². The predicted octanol–water partition coefficient (Wildman–Crippen LogP) is 3.94. The molecule has 0 bridgehead atoms. The summed E-state index contributed by atoms with van der Waals surface area (Å²) in [6.45, 7) is 16.1. The average Bonchev–Trinajstić information content (AvgIpc) is 2.99. The Kier molecular flexibility index (Phi) is 37.8. The summed E-state index contributed by atoms with van der Waals surface area (Å²) in [6.07, 6.45) is 7.67. The summed E-state index contributed by atoms with van der Waals surface area (Å²) in [5.41, 5.74) is 12.4. The fourth-order valence-corrected chi connectivity index (χ4v) is 4.70. The average molecular weight is 833 g/mol. The Bertz CT molecular complexity index is 826. The van der Waals surface area contributed by atoms with E-state index in [9.17, 15) is 4.79 Å². The van der Waals surface area contributed by atoms with Crippen molar-refractivity contribution in [2.75, 3.05) is 92.1 Å². The molecule has 44 heavy (non-hydrogen) atoms. The molecule has 0 aromatic carbocycles. The molecule has 0 spiro atoms. The van der Waals surface area contributed by atoms with E-state index in [1.54, 1.807) is 22.9 Å². The van der Waals surface area contributed by atoms with Crippen LogP contribution in [0.5, 0.6) is 0 Å². The number of aliphatic hydroxyl groups is 1. The van der Waals surface area contributed by atoms with E-state index >= 15 is 0 Å². The second-order valence-corrected chi connectivity index (χ2v) is 11.8. The van der Waals surface area contributed by atoms with Crippen molar-refractivity contribution in [3.05, 3.63) is 41.9 Å². The summed E-state index contributed by atoms with van der Waals surface area (Å²) in [6, 6.07) is 0. The van der Waals surface area contributed by atoms with Crippen LogP contribution >= 0.6 is 21.6 Å². The Morgan fingerprint density at radius 2 is 1.70 bits per heavy atom. The number of ether oxygens (including phenoxy) is 6. The van der Waals surface area contributed by atoms with Crippen molar-refractivity contribution in [3.63, 3.8) is 0 Å². The number of allylic oxidation sites excluding steroid dienone is 2. The largest absolute Gasteiger partial charge is 0.667 e. The minimum atomic E-state index is -0.643. The van der Waals surface area contributed by atoms with Gasteiger partial charge in [0.25, 0.3) is 5.91 Å². The Hall–Kier alpha value is -0.882. The van der Waals surface area contributed by atoms with Crippen molar-refractivity contribution in [2.45, 2.75) is 39.0 Å². The van der Waals surface area contributed by atoms with E-state index in [0.717, 1.165) is 6.42 Å². The third-order valence-electron chi connectivity index (χ3n) is 4.80. The maximum Gasteiger partial charge on any atom is 0.251 e. The third-order valence-corrected chi connectivity index (χ3v) is 7.11. The molecule has 0 saturated carbocycles. The molecule has 1 atom stereocenters. The van der Waals surface area contributed by atoms with E-state index in [1.807, 2.05) is 34.0 Å². The van der Waals surface area contributed by atoms with Crippen LogP contribution < -0.4 is 11.1 Å². The number of nitrogens with two attached hydrogens (primary N) is 1. The van der Waals surface area contributed by atoms with Crippen molar-refractivity contribution < 1.29 is 59.4 Å². The molecule has 0 aliphatic heterocycles. The van der Waals surface area contributed by atoms with Gasteiger partial charge >= 0.3 is 0 Å². The number of rotatable bonds is 25. The van der Waals surface area contributed by atoms with E-state index in [-0.39, 0.29) is 53.5 Å². The van der Waals surface area contributed by atoms with E-state index in [0.29, 0.717) is 76.6 Å². The quantitative estimate of drug-likeness (QED) is 0.0233. The number of hydrogen-bond donors (Lipinski definition) is 3. The number of amides is 1. The van der Waals surface area contributed by atoms with Gasteiger partial charge in [-0.05, 0) is 45.2 Å². The maximum atomic E-state index is 12.5. The van der Waals surface area contributed by atoms with Gasteiger partial charge in [-0.25, -0.2) is 0 Å². The summed E-state index contributed by atoms with van der Waals surface area (Å²) in [5, 5.41) is 11.5. The van der Waals surface area contributed by atoms with Crippen LogP contribution in [0.25, 0.3) is 5.73 Å². The van der Waals surface area contributed by atoms with Crippen molar-refractivity contribution in [1.29, 1.82) is 0 Å². The Morgan fingerprint density at radius 3 is 2.20 bits per heavy atom. The van der Waals surface area contributed by atoms with Gasteiger partial charge in [-0.15, -0.1) is 11.8 Å². The Morgan fingerprint density at radius 1 is 1.09 bits per heavy atom. The first-order valence-corrected chi connectivity index (χ1v) is 16.8. The monoisotopic (exact) mass is 832 g/mol. The molecule has 0 rings (SSSR count). The number of carbonyl (C=O) groups is 1. The summed E-state index contributed by atoms with van der Waals surface area (Å²) in [5.74, 6) is 6.18. The van der Waals surface area contributed by atoms with Gasteiger partial charge in [-0.1, -0.05) is 54.6 Å². The molecule has 0 aromatic rings. The number of aliphatic hydroxyl groups excluding tert-OH is 1. The zero-order chi connectivity index (χ0) is 32.6. The summed E-state index contributed by atoms with van der Waals surface area (Å²) in [4.78, 5) is 11.9. The van der Waals surface area contributed by atoms with Gasteiger partial charge in [0, 0.05) is 45.7 Å². The predicted molar refractivity (Wildman–Crippen MR) is 177 cm³/mol. The second-order valence-electron chi connectivity index (χ2n) is 8.94. The summed E-state index contributed by atoms with van der Waals surface area (Å²) in [7, 11) is 3.07. The minimum absolute atomic E-state index is 0. The van der Waals surface area contributed by atoms with Crippen LogP contribution in [0.15, 0.2) is 36.1 Å². The van der Waals surface area contributed by atoms with Crippen LogP contribution in [0.2, 0.25) is 0 Å². The Labute approximate surface area is 287 Å². The van der Waals surface area contributed by atoms with Gasteiger partial charge < -0.3 is 50.3 Å². The van der Waals surface area contributed by atoms with E-state index in [2.05, 4.69) is 23.7 Å². The van der Waals surface area contributed by atoms with E-state index in [4.69, 9.17) is 45.0 Å². The van der Waals surface area contributed by atoms with Crippen LogP contribution in [0.3, 0.4) is 0 Å². The van der Waals surface area contributed by atoms with Crippen molar-refractivity contribution in [2.24, 2.45) is 11.7 Å². The fraction of sp³-hybridized carbons (Fsp3) is 0.700. The number of carbonyl (C=O) groups excluding carboxylic acids is 1. The van der Waals surface area contributed by atoms with Crippen LogP contribution in [0, 0.1) is 17.8 Å². The Balaban J connectivity index is -0.00000186. The first kappa shape index (κ1) is 47.5. The van der Waals surface area contributed by atoms with Crippen molar-refractivity contribution in [3.8, 4) is 11.8 Å². The third kappa shape index (κ3) is 31.1. The molecule has 11 nitrogen and oxygen atoms in total. The molecule has 1 unspecified atom stereocenters. The zero-order valence-corrected chi connectivity index (χ0v) is 31.6.